The number of alkyl halides is 3. The standard InChI is InChI=1S/C22H17F3N2O3S/c1-12-19(27-21(31-12)13-2-4-15(5-3-13)22(23,24)25)11-30-16-6-7-17-14(8-20(28)29)10-26-18(17)9-16/h2-7,9-10,26H,8,11H2,1H3,(H,28,29). The Kier molecular flexibility index (Phi) is 5.45. The van der Waals surface area contributed by atoms with E-state index in [-0.39, 0.29) is 13.0 Å². The first kappa shape index (κ1) is 20.9. The predicted molar refractivity (Wildman–Crippen MR) is 111 cm³/mol. The van der Waals surface area contributed by atoms with Gasteiger partial charge in [0.2, 0.25) is 0 Å². The molecule has 0 fully saturated rings. The van der Waals surface area contributed by atoms with Crippen molar-refractivity contribution in [3.05, 3.63) is 70.4 Å². The second-order valence-corrected chi connectivity index (χ2v) is 8.18. The Bertz CT molecular complexity index is 1240. The van der Waals surface area contributed by atoms with Crippen LogP contribution in [-0.4, -0.2) is 21.0 Å². The third-order valence-corrected chi connectivity index (χ3v) is 5.87. The molecule has 0 amide bonds. The first-order valence-electron chi connectivity index (χ1n) is 9.29. The molecule has 4 rings (SSSR count). The number of hydrogen-bond acceptors (Lipinski definition) is 4. The minimum Gasteiger partial charge on any atom is -0.487 e. The van der Waals surface area contributed by atoms with E-state index in [1.807, 2.05) is 6.92 Å². The summed E-state index contributed by atoms with van der Waals surface area (Å²) in [7, 11) is 0. The maximum atomic E-state index is 12.7. The number of thiazole rings is 1. The molecule has 0 spiro atoms. The second kappa shape index (κ2) is 8.07. The zero-order chi connectivity index (χ0) is 22.2. The van der Waals surface area contributed by atoms with Crippen molar-refractivity contribution in [3.8, 4) is 16.3 Å². The molecule has 0 aliphatic rings. The summed E-state index contributed by atoms with van der Waals surface area (Å²) in [6.45, 7) is 2.09. The summed E-state index contributed by atoms with van der Waals surface area (Å²) >= 11 is 1.39. The van der Waals surface area contributed by atoms with Gasteiger partial charge in [-0.2, -0.15) is 13.2 Å². The Morgan fingerprint density at radius 2 is 1.94 bits per heavy atom. The van der Waals surface area contributed by atoms with E-state index in [0.29, 0.717) is 27.6 Å². The van der Waals surface area contributed by atoms with E-state index in [1.54, 1.807) is 24.4 Å². The van der Waals surface area contributed by atoms with Crippen molar-refractivity contribution in [1.29, 1.82) is 0 Å². The summed E-state index contributed by atoms with van der Waals surface area (Å²) in [6.07, 6.45) is -2.76. The monoisotopic (exact) mass is 446 g/mol. The van der Waals surface area contributed by atoms with Gasteiger partial charge in [-0.3, -0.25) is 4.79 Å². The molecule has 2 aromatic heterocycles. The van der Waals surface area contributed by atoms with Crippen LogP contribution in [0.4, 0.5) is 13.2 Å². The van der Waals surface area contributed by atoms with E-state index < -0.39 is 17.7 Å². The van der Waals surface area contributed by atoms with Crippen molar-refractivity contribution in [2.24, 2.45) is 0 Å². The highest BCUT2D eigenvalue weighted by atomic mass is 32.1. The van der Waals surface area contributed by atoms with Gasteiger partial charge in [0, 0.05) is 33.6 Å². The average Bonchev–Trinajstić information content (AvgIpc) is 3.28. The molecule has 9 heteroatoms. The summed E-state index contributed by atoms with van der Waals surface area (Å²) in [5.41, 5.74) is 2.10. The molecule has 0 bridgehead atoms. The van der Waals surface area contributed by atoms with Crippen molar-refractivity contribution >= 4 is 28.2 Å². The number of carbonyl (C=O) groups is 1. The molecule has 31 heavy (non-hydrogen) atoms. The zero-order valence-corrected chi connectivity index (χ0v) is 17.1. The van der Waals surface area contributed by atoms with Crippen molar-refractivity contribution in [2.45, 2.75) is 26.1 Å². The van der Waals surface area contributed by atoms with Gasteiger partial charge in [0.25, 0.3) is 0 Å². The van der Waals surface area contributed by atoms with Gasteiger partial charge in [0.05, 0.1) is 17.7 Å². The molecule has 4 aromatic rings. The normalized spacial score (nSPS) is 11.7. The van der Waals surface area contributed by atoms with Gasteiger partial charge in [-0.25, -0.2) is 4.98 Å². The first-order chi connectivity index (χ1) is 14.7. The second-order valence-electron chi connectivity index (χ2n) is 6.98. The van der Waals surface area contributed by atoms with Gasteiger partial charge in [-0.15, -0.1) is 11.3 Å². The SMILES string of the molecule is Cc1sc(-c2ccc(C(F)(F)F)cc2)nc1COc1ccc2c(CC(=O)O)c[nH]c2c1. The fraction of sp³-hybridized carbons (Fsp3) is 0.182. The Morgan fingerprint density at radius 3 is 2.61 bits per heavy atom. The largest absolute Gasteiger partial charge is 0.487 e. The first-order valence-corrected chi connectivity index (χ1v) is 10.1. The molecule has 0 saturated heterocycles. The number of aliphatic carboxylic acids is 1. The summed E-state index contributed by atoms with van der Waals surface area (Å²) in [4.78, 5) is 19.4. The molecule has 0 aliphatic heterocycles. The van der Waals surface area contributed by atoms with Crippen LogP contribution in [-0.2, 0) is 24.0 Å². The quantitative estimate of drug-likeness (QED) is 0.391. The molecule has 5 nitrogen and oxygen atoms in total. The van der Waals surface area contributed by atoms with E-state index in [4.69, 9.17) is 9.84 Å². The number of carboxylic acids is 1. The van der Waals surface area contributed by atoms with E-state index in [9.17, 15) is 18.0 Å². The van der Waals surface area contributed by atoms with Gasteiger partial charge in [-0.05, 0) is 36.8 Å². The molecule has 0 unspecified atom stereocenters. The number of aromatic amines is 1. The van der Waals surface area contributed by atoms with Crippen LogP contribution in [0.15, 0.2) is 48.7 Å². The molecule has 2 N–H and O–H groups in total. The number of halogens is 3. The highest BCUT2D eigenvalue weighted by Gasteiger charge is 2.30. The molecule has 0 atom stereocenters. The van der Waals surface area contributed by atoms with Crippen LogP contribution < -0.4 is 4.74 Å². The number of hydrogen-bond donors (Lipinski definition) is 2. The smallest absolute Gasteiger partial charge is 0.416 e. The maximum Gasteiger partial charge on any atom is 0.416 e. The Labute approximate surface area is 179 Å². The lowest BCUT2D eigenvalue weighted by atomic mass is 10.1. The Balaban J connectivity index is 1.48. The topological polar surface area (TPSA) is 75.2 Å². The molecule has 2 aromatic carbocycles. The molecule has 0 aliphatic carbocycles. The number of ether oxygens (including phenoxy) is 1. The highest BCUT2D eigenvalue weighted by molar-refractivity contribution is 7.15. The average molecular weight is 446 g/mol. The van der Waals surface area contributed by atoms with Crippen molar-refractivity contribution in [3.63, 3.8) is 0 Å². The van der Waals surface area contributed by atoms with Crippen LogP contribution in [0.5, 0.6) is 5.75 Å². The van der Waals surface area contributed by atoms with Crippen molar-refractivity contribution in [1.82, 2.24) is 9.97 Å². The fourth-order valence-corrected chi connectivity index (χ4v) is 4.13. The third kappa shape index (κ3) is 4.56. The lowest BCUT2D eigenvalue weighted by molar-refractivity contribution is -0.138. The van der Waals surface area contributed by atoms with Gasteiger partial charge in [0.1, 0.15) is 17.4 Å². The summed E-state index contributed by atoms with van der Waals surface area (Å²) in [6, 6.07) is 10.3. The van der Waals surface area contributed by atoms with Crippen LogP contribution in [0.2, 0.25) is 0 Å². The van der Waals surface area contributed by atoms with Crippen molar-refractivity contribution < 1.29 is 27.8 Å². The lowest BCUT2D eigenvalue weighted by Crippen LogP contribution is -2.04. The molecule has 2 heterocycles. The number of H-pyrrole nitrogens is 1. The number of aromatic nitrogens is 2. The van der Waals surface area contributed by atoms with Crippen molar-refractivity contribution in [2.75, 3.05) is 0 Å². The molecule has 0 saturated carbocycles. The minimum atomic E-state index is -4.37. The Hall–Kier alpha value is -3.33. The molecular formula is C22H17F3N2O3S. The third-order valence-electron chi connectivity index (χ3n) is 4.81. The van der Waals surface area contributed by atoms with E-state index in [2.05, 4.69) is 9.97 Å². The maximum absolute atomic E-state index is 12.7. The summed E-state index contributed by atoms with van der Waals surface area (Å²) in [5.74, 6) is -0.302. The summed E-state index contributed by atoms with van der Waals surface area (Å²) < 4.78 is 44.1. The number of carboxylic acid groups (broad SMARTS) is 1. The van der Waals surface area contributed by atoms with Gasteiger partial charge in [0.15, 0.2) is 0 Å². The van der Waals surface area contributed by atoms with Crippen LogP contribution in [0.25, 0.3) is 21.5 Å². The molecule has 0 radical (unpaired) electrons. The van der Waals surface area contributed by atoms with Crippen LogP contribution in [0.3, 0.4) is 0 Å². The number of rotatable bonds is 6. The number of aryl methyl sites for hydroxylation is 1. The van der Waals surface area contributed by atoms with E-state index >= 15 is 0 Å². The minimum absolute atomic E-state index is 0.0645. The van der Waals surface area contributed by atoms with E-state index in [1.165, 1.54) is 23.5 Å². The van der Waals surface area contributed by atoms with Crippen LogP contribution in [0, 0.1) is 6.92 Å². The number of nitrogens with zero attached hydrogens (tertiary/aromatic N) is 1. The predicted octanol–water partition coefficient (Wildman–Crippen LogP) is 5.82. The van der Waals surface area contributed by atoms with Crippen LogP contribution in [0.1, 0.15) is 21.7 Å². The number of nitrogens with one attached hydrogen (secondary N) is 1. The van der Waals surface area contributed by atoms with Gasteiger partial charge < -0.3 is 14.8 Å². The number of fused-ring (bicyclic) bond motifs is 1. The fourth-order valence-electron chi connectivity index (χ4n) is 3.20. The lowest BCUT2D eigenvalue weighted by Gasteiger charge is -2.06. The zero-order valence-electron chi connectivity index (χ0n) is 16.3. The van der Waals surface area contributed by atoms with Gasteiger partial charge in [-0.1, -0.05) is 12.1 Å². The number of benzene rings is 2. The molecule has 160 valence electrons. The van der Waals surface area contributed by atoms with Gasteiger partial charge >= 0.3 is 12.1 Å². The Morgan fingerprint density at radius 1 is 1.19 bits per heavy atom. The van der Waals surface area contributed by atoms with E-state index in [0.717, 1.165) is 27.9 Å². The van der Waals surface area contributed by atoms with Crippen LogP contribution >= 0.6 is 11.3 Å². The molecular weight excluding hydrogens is 429 g/mol. The summed E-state index contributed by atoms with van der Waals surface area (Å²) in [5, 5.41) is 10.4. The highest BCUT2D eigenvalue weighted by Crippen LogP contribution is 2.33.